The number of halogens is 2. The summed E-state index contributed by atoms with van der Waals surface area (Å²) in [5, 5.41) is 0.429. The first kappa shape index (κ1) is 16.6. The number of amides is 1. The molecule has 20 heavy (non-hydrogen) atoms. The molecular weight excluding hydrogens is 303 g/mol. The van der Waals surface area contributed by atoms with Gasteiger partial charge >= 0.3 is 5.97 Å². The second-order valence-electron chi connectivity index (χ2n) is 4.47. The summed E-state index contributed by atoms with van der Waals surface area (Å²) < 4.78 is 4.62. The molecule has 0 saturated carbocycles. The van der Waals surface area contributed by atoms with Crippen LogP contribution < -0.4 is 5.73 Å². The van der Waals surface area contributed by atoms with Crippen molar-refractivity contribution in [2.75, 3.05) is 26.4 Å². The van der Waals surface area contributed by atoms with Crippen LogP contribution in [-0.4, -0.2) is 37.5 Å². The number of hydrogen-bond acceptors (Lipinski definition) is 4. The van der Waals surface area contributed by atoms with Crippen molar-refractivity contribution in [3.8, 4) is 0 Å². The van der Waals surface area contributed by atoms with Crippen LogP contribution >= 0.6 is 23.2 Å². The maximum absolute atomic E-state index is 12.2. The van der Waals surface area contributed by atoms with Gasteiger partial charge in [0.1, 0.15) is 0 Å². The highest BCUT2D eigenvalue weighted by Crippen LogP contribution is 2.29. The van der Waals surface area contributed by atoms with Crippen molar-refractivity contribution in [1.29, 1.82) is 0 Å². The Labute approximate surface area is 127 Å². The van der Waals surface area contributed by atoms with Gasteiger partial charge in [0.15, 0.2) is 0 Å². The van der Waals surface area contributed by atoms with E-state index in [1.54, 1.807) is 14.0 Å². The third kappa shape index (κ3) is 3.77. The van der Waals surface area contributed by atoms with Crippen molar-refractivity contribution in [3.05, 3.63) is 27.7 Å². The highest BCUT2D eigenvalue weighted by atomic mass is 35.5. The van der Waals surface area contributed by atoms with Gasteiger partial charge in [-0.2, -0.15) is 0 Å². The molecule has 0 aromatic heterocycles. The van der Waals surface area contributed by atoms with Gasteiger partial charge in [0, 0.05) is 19.2 Å². The summed E-state index contributed by atoms with van der Waals surface area (Å²) in [4.78, 5) is 25.0. The van der Waals surface area contributed by atoms with Crippen molar-refractivity contribution in [3.63, 3.8) is 0 Å². The lowest BCUT2D eigenvalue weighted by Gasteiger charge is -2.20. The van der Waals surface area contributed by atoms with E-state index in [4.69, 9.17) is 28.9 Å². The minimum Gasteiger partial charge on any atom is -0.469 e. The molecule has 2 N–H and O–H groups in total. The summed E-state index contributed by atoms with van der Waals surface area (Å²) >= 11 is 11.7. The second-order valence-corrected chi connectivity index (χ2v) is 5.26. The Bertz CT molecular complexity index is 511. The molecule has 1 rings (SSSR count). The van der Waals surface area contributed by atoms with Gasteiger partial charge in [0.05, 0.1) is 28.8 Å². The van der Waals surface area contributed by atoms with E-state index in [1.165, 1.54) is 24.1 Å². The number of esters is 1. The van der Waals surface area contributed by atoms with E-state index in [9.17, 15) is 9.59 Å². The lowest BCUT2D eigenvalue weighted by Crippen LogP contribution is -2.34. The van der Waals surface area contributed by atoms with Crippen LogP contribution in [0.3, 0.4) is 0 Å². The molecule has 0 bridgehead atoms. The van der Waals surface area contributed by atoms with E-state index >= 15 is 0 Å². The zero-order valence-corrected chi connectivity index (χ0v) is 13.0. The number of nitrogens with zero attached hydrogens (tertiary/aromatic N) is 1. The molecule has 0 heterocycles. The summed E-state index contributed by atoms with van der Waals surface area (Å²) in [5.41, 5.74) is 6.22. The fourth-order valence-corrected chi connectivity index (χ4v) is 2.06. The Morgan fingerprint density at radius 1 is 1.40 bits per heavy atom. The largest absolute Gasteiger partial charge is 0.469 e. The molecule has 0 aliphatic rings. The average molecular weight is 319 g/mol. The van der Waals surface area contributed by atoms with Crippen LogP contribution in [0.4, 0.5) is 5.69 Å². The highest BCUT2D eigenvalue weighted by Gasteiger charge is 2.20. The summed E-state index contributed by atoms with van der Waals surface area (Å²) in [6.07, 6.45) is 0. The van der Waals surface area contributed by atoms with Crippen LogP contribution in [0.15, 0.2) is 12.1 Å². The van der Waals surface area contributed by atoms with Gasteiger partial charge in [-0.25, -0.2) is 0 Å². The number of carbonyl (C=O) groups is 2. The molecule has 7 heteroatoms. The lowest BCUT2D eigenvalue weighted by molar-refractivity contribution is -0.145. The van der Waals surface area contributed by atoms with Crippen LogP contribution in [0, 0.1) is 5.92 Å². The zero-order chi connectivity index (χ0) is 15.4. The number of hydrogen-bond donors (Lipinski definition) is 1. The summed E-state index contributed by atoms with van der Waals surface area (Å²) in [6, 6.07) is 2.90. The van der Waals surface area contributed by atoms with Gasteiger partial charge in [-0.3, -0.25) is 9.59 Å². The van der Waals surface area contributed by atoms with Crippen LogP contribution in [0.1, 0.15) is 17.3 Å². The van der Waals surface area contributed by atoms with Crippen LogP contribution in [0.2, 0.25) is 10.0 Å². The van der Waals surface area contributed by atoms with Gasteiger partial charge in [-0.15, -0.1) is 0 Å². The Balaban J connectivity index is 2.87. The Kier molecular flexibility index (Phi) is 5.65. The fraction of sp³-hybridized carbons (Fsp3) is 0.385. The minimum absolute atomic E-state index is 0.212. The smallest absolute Gasteiger partial charge is 0.310 e. The average Bonchev–Trinajstić information content (AvgIpc) is 2.42. The summed E-state index contributed by atoms with van der Waals surface area (Å²) in [6.45, 7) is 1.91. The molecule has 0 saturated heterocycles. The van der Waals surface area contributed by atoms with Crippen molar-refractivity contribution in [2.45, 2.75) is 6.92 Å². The monoisotopic (exact) mass is 318 g/mol. The quantitative estimate of drug-likeness (QED) is 0.683. The lowest BCUT2D eigenvalue weighted by atomic mass is 10.1. The number of nitrogen functional groups attached to an aromatic ring is 1. The van der Waals surface area contributed by atoms with Crippen LogP contribution in [-0.2, 0) is 9.53 Å². The predicted molar refractivity (Wildman–Crippen MR) is 79.0 cm³/mol. The van der Waals surface area contributed by atoms with E-state index in [0.717, 1.165) is 0 Å². The van der Waals surface area contributed by atoms with Crippen molar-refractivity contribution < 1.29 is 14.3 Å². The molecule has 1 aromatic rings. The van der Waals surface area contributed by atoms with Crippen LogP contribution in [0.5, 0.6) is 0 Å². The predicted octanol–water partition coefficient (Wildman–Crippen LogP) is 2.46. The molecule has 1 amide bonds. The van der Waals surface area contributed by atoms with Gasteiger partial charge in [-0.1, -0.05) is 30.1 Å². The maximum Gasteiger partial charge on any atom is 0.310 e. The molecular formula is C13H16Cl2N2O3. The second kappa shape index (κ2) is 6.81. The molecule has 110 valence electrons. The first-order valence-electron chi connectivity index (χ1n) is 5.85. The Hall–Kier alpha value is -1.46. The highest BCUT2D eigenvalue weighted by molar-refractivity contribution is 6.43. The maximum atomic E-state index is 12.2. The van der Waals surface area contributed by atoms with E-state index in [1.807, 2.05) is 0 Å². The number of nitrogens with two attached hydrogens (primary N) is 1. The van der Waals surface area contributed by atoms with E-state index in [0.29, 0.717) is 5.56 Å². The van der Waals surface area contributed by atoms with Crippen molar-refractivity contribution in [1.82, 2.24) is 4.90 Å². The molecule has 0 aliphatic carbocycles. The fourth-order valence-electron chi connectivity index (χ4n) is 1.72. The topological polar surface area (TPSA) is 72.6 Å². The number of anilines is 1. The number of benzene rings is 1. The van der Waals surface area contributed by atoms with Crippen molar-refractivity contribution >= 4 is 40.8 Å². The number of carbonyl (C=O) groups excluding carboxylic acids is 2. The molecule has 1 atom stereocenters. The molecule has 0 radical (unpaired) electrons. The van der Waals surface area contributed by atoms with E-state index < -0.39 is 5.92 Å². The molecule has 1 aromatic carbocycles. The van der Waals surface area contributed by atoms with E-state index in [2.05, 4.69) is 4.74 Å². The molecule has 1 unspecified atom stereocenters. The normalized spacial score (nSPS) is 11.8. The molecule has 0 fully saturated rings. The SMILES string of the molecule is COC(=O)C(C)CN(C)C(=O)c1cc(N)c(Cl)c(Cl)c1. The zero-order valence-electron chi connectivity index (χ0n) is 11.4. The summed E-state index contributed by atoms with van der Waals surface area (Å²) in [5.74, 6) is -1.10. The van der Waals surface area contributed by atoms with Gasteiger partial charge < -0.3 is 15.4 Å². The summed E-state index contributed by atoms with van der Waals surface area (Å²) in [7, 11) is 2.89. The van der Waals surface area contributed by atoms with Gasteiger partial charge in [0.25, 0.3) is 5.91 Å². The first-order valence-corrected chi connectivity index (χ1v) is 6.61. The minimum atomic E-state index is -0.422. The van der Waals surface area contributed by atoms with Gasteiger partial charge in [-0.05, 0) is 12.1 Å². The van der Waals surface area contributed by atoms with Crippen LogP contribution in [0.25, 0.3) is 0 Å². The molecule has 0 aliphatic heterocycles. The van der Waals surface area contributed by atoms with Gasteiger partial charge in [0.2, 0.25) is 0 Å². The first-order chi connectivity index (χ1) is 9.27. The number of ether oxygens (including phenoxy) is 1. The molecule has 0 spiro atoms. The standard InChI is InChI=1S/C13H16Cl2N2O3/c1-7(13(19)20-3)6-17(2)12(18)8-4-9(14)11(15)10(16)5-8/h4-5,7H,6,16H2,1-3H3. The van der Waals surface area contributed by atoms with E-state index in [-0.39, 0.29) is 34.2 Å². The third-order valence-electron chi connectivity index (χ3n) is 2.80. The number of methoxy groups -OCH3 is 1. The number of rotatable bonds is 4. The Morgan fingerprint density at radius 3 is 2.50 bits per heavy atom. The van der Waals surface area contributed by atoms with Crippen molar-refractivity contribution in [2.24, 2.45) is 5.92 Å². The Morgan fingerprint density at radius 2 is 2.00 bits per heavy atom. The molecule has 5 nitrogen and oxygen atoms in total. The third-order valence-corrected chi connectivity index (χ3v) is 3.62.